The normalized spacial score (nSPS) is 19.5. The molecule has 0 N–H and O–H groups in total. The van der Waals surface area contributed by atoms with Crippen LogP contribution >= 0.6 is 15.9 Å². The summed E-state index contributed by atoms with van der Waals surface area (Å²) in [7, 11) is 0. The zero-order valence-corrected chi connectivity index (χ0v) is 16.5. The second-order valence-corrected chi connectivity index (χ2v) is 7.85. The molecule has 27 heavy (non-hydrogen) atoms. The van der Waals surface area contributed by atoms with Crippen LogP contribution in [-0.2, 0) is 16.0 Å². The summed E-state index contributed by atoms with van der Waals surface area (Å²) in [5.74, 6) is -0.995. The Kier molecular flexibility index (Phi) is 5.41. The number of rotatable bonds is 4. The van der Waals surface area contributed by atoms with Crippen LogP contribution in [0, 0.1) is 5.82 Å². The maximum atomic E-state index is 13.8. The Morgan fingerprint density at radius 3 is 2.52 bits per heavy atom. The number of piperidine rings is 1. The van der Waals surface area contributed by atoms with E-state index in [9.17, 15) is 9.18 Å². The van der Waals surface area contributed by atoms with E-state index in [4.69, 9.17) is 9.47 Å². The van der Waals surface area contributed by atoms with Gasteiger partial charge < -0.3 is 9.47 Å². The average molecular weight is 434 g/mol. The maximum absolute atomic E-state index is 13.8. The van der Waals surface area contributed by atoms with E-state index < -0.39 is 11.6 Å². The van der Waals surface area contributed by atoms with Gasteiger partial charge in [0, 0.05) is 43.6 Å². The van der Waals surface area contributed by atoms with Gasteiger partial charge in [-0.2, -0.15) is 0 Å². The number of carbonyl (C=O) groups excluding carboxylic acids is 1. The van der Waals surface area contributed by atoms with E-state index in [2.05, 4.69) is 20.8 Å². The summed E-state index contributed by atoms with van der Waals surface area (Å²) in [5, 5.41) is 0. The molecular weight excluding hydrogens is 413 g/mol. The summed E-state index contributed by atoms with van der Waals surface area (Å²) in [6.07, 6.45) is 1.67. The Labute approximate surface area is 166 Å². The molecule has 0 bridgehead atoms. The first-order valence-corrected chi connectivity index (χ1v) is 9.94. The first kappa shape index (κ1) is 18.7. The van der Waals surface area contributed by atoms with Crippen molar-refractivity contribution >= 4 is 21.7 Å². The van der Waals surface area contributed by atoms with Crippen molar-refractivity contribution in [3.05, 3.63) is 69.4 Å². The molecule has 0 saturated carbocycles. The molecule has 2 fully saturated rings. The van der Waals surface area contributed by atoms with Gasteiger partial charge in [-0.15, -0.1) is 0 Å². The molecule has 0 radical (unpaired) electrons. The maximum Gasteiger partial charge on any atom is 0.193 e. The molecule has 142 valence electrons. The fraction of sp³-hybridized carbons (Fsp3) is 0.381. The van der Waals surface area contributed by atoms with Gasteiger partial charge in [-0.1, -0.05) is 24.3 Å². The quantitative estimate of drug-likeness (QED) is 0.678. The van der Waals surface area contributed by atoms with Crippen molar-refractivity contribution < 1.29 is 18.7 Å². The fourth-order valence-corrected chi connectivity index (χ4v) is 4.00. The van der Waals surface area contributed by atoms with Crippen LogP contribution in [0.25, 0.3) is 0 Å². The first-order valence-electron chi connectivity index (χ1n) is 9.14. The smallest absolute Gasteiger partial charge is 0.193 e. The van der Waals surface area contributed by atoms with E-state index in [0.717, 1.165) is 31.5 Å². The lowest BCUT2D eigenvalue weighted by Crippen LogP contribution is -2.44. The summed E-state index contributed by atoms with van der Waals surface area (Å²) in [6.45, 7) is 3.73. The molecule has 2 aromatic rings. The molecule has 1 spiro atoms. The van der Waals surface area contributed by atoms with Gasteiger partial charge in [0.1, 0.15) is 5.82 Å². The van der Waals surface area contributed by atoms with E-state index in [1.807, 2.05) is 24.3 Å². The lowest BCUT2D eigenvalue weighted by Gasteiger charge is -2.37. The minimum Gasteiger partial charge on any atom is -0.347 e. The third-order valence-corrected chi connectivity index (χ3v) is 5.91. The van der Waals surface area contributed by atoms with Crippen molar-refractivity contribution in [2.45, 2.75) is 25.2 Å². The van der Waals surface area contributed by atoms with E-state index in [-0.39, 0.29) is 5.78 Å². The molecule has 6 heteroatoms. The third kappa shape index (κ3) is 3.99. The van der Waals surface area contributed by atoms with Crippen LogP contribution in [0.15, 0.2) is 46.9 Å². The number of nitrogens with zero attached hydrogens (tertiary/aromatic N) is 1. The molecule has 0 amide bonds. The van der Waals surface area contributed by atoms with Crippen molar-refractivity contribution in [2.24, 2.45) is 0 Å². The third-order valence-electron chi connectivity index (χ3n) is 5.27. The van der Waals surface area contributed by atoms with Crippen LogP contribution in [0.5, 0.6) is 0 Å². The summed E-state index contributed by atoms with van der Waals surface area (Å²) in [4.78, 5) is 15.2. The van der Waals surface area contributed by atoms with Crippen molar-refractivity contribution in [1.82, 2.24) is 4.90 Å². The number of likely N-dealkylation sites (tertiary alicyclic amines) is 1. The van der Waals surface area contributed by atoms with Crippen molar-refractivity contribution in [3.63, 3.8) is 0 Å². The van der Waals surface area contributed by atoms with Gasteiger partial charge in [-0.3, -0.25) is 9.69 Å². The van der Waals surface area contributed by atoms with Gasteiger partial charge >= 0.3 is 0 Å². The number of benzene rings is 2. The summed E-state index contributed by atoms with van der Waals surface area (Å²) in [6, 6.07) is 12.0. The molecule has 0 atom stereocenters. The van der Waals surface area contributed by atoms with Gasteiger partial charge in [0.2, 0.25) is 0 Å². The van der Waals surface area contributed by atoms with Gasteiger partial charge in [-0.25, -0.2) is 4.39 Å². The molecule has 0 aliphatic carbocycles. The zero-order valence-electron chi connectivity index (χ0n) is 14.9. The topological polar surface area (TPSA) is 38.8 Å². The molecule has 2 saturated heterocycles. The van der Waals surface area contributed by atoms with Crippen molar-refractivity contribution in [1.29, 1.82) is 0 Å². The number of hydrogen-bond acceptors (Lipinski definition) is 4. The number of ether oxygens (including phenoxy) is 2. The number of halogens is 2. The number of ketones is 1. The van der Waals surface area contributed by atoms with Crippen LogP contribution < -0.4 is 0 Å². The van der Waals surface area contributed by atoms with Gasteiger partial charge in [-0.05, 0) is 39.7 Å². The van der Waals surface area contributed by atoms with Crippen LogP contribution in [0.4, 0.5) is 4.39 Å². The van der Waals surface area contributed by atoms with Crippen molar-refractivity contribution in [3.8, 4) is 0 Å². The molecule has 4 nitrogen and oxygen atoms in total. The number of hydrogen-bond donors (Lipinski definition) is 0. The predicted molar refractivity (Wildman–Crippen MR) is 103 cm³/mol. The van der Waals surface area contributed by atoms with Gasteiger partial charge in [0.05, 0.1) is 17.7 Å². The monoisotopic (exact) mass is 433 g/mol. The van der Waals surface area contributed by atoms with E-state index in [0.29, 0.717) is 35.4 Å². The Bertz CT molecular complexity index is 841. The summed E-state index contributed by atoms with van der Waals surface area (Å²) in [5.41, 5.74) is 1.93. The SMILES string of the molecule is O=C(c1ccc(Br)c(F)c1)c1ccccc1CN1CCC2(CC1)OCCO2. The summed E-state index contributed by atoms with van der Waals surface area (Å²) < 4.78 is 25.8. The molecule has 4 rings (SSSR count). The van der Waals surface area contributed by atoms with Crippen LogP contribution in [0.1, 0.15) is 34.3 Å². The van der Waals surface area contributed by atoms with E-state index >= 15 is 0 Å². The lowest BCUT2D eigenvalue weighted by atomic mass is 9.97. The Balaban J connectivity index is 1.49. The lowest BCUT2D eigenvalue weighted by molar-refractivity contribution is -0.185. The minimum absolute atomic E-state index is 0.159. The second kappa shape index (κ2) is 7.80. The standard InChI is InChI=1S/C21H21BrFNO3/c22-18-6-5-15(13-19(18)23)20(25)17-4-2-1-3-16(17)14-24-9-7-21(8-10-24)26-11-12-27-21/h1-6,13H,7-12,14H2. The molecule has 0 unspecified atom stereocenters. The van der Waals surface area contributed by atoms with E-state index in [1.54, 1.807) is 12.1 Å². The molecule has 2 heterocycles. The minimum atomic E-state index is -0.434. The van der Waals surface area contributed by atoms with Crippen molar-refractivity contribution in [2.75, 3.05) is 26.3 Å². The zero-order chi connectivity index (χ0) is 18.9. The molecule has 2 aromatic carbocycles. The van der Waals surface area contributed by atoms with Crippen LogP contribution in [-0.4, -0.2) is 42.8 Å². The largest absolute Gasteiger partial charge is 0.347 e. The van der Waals surface area contributed by atoms with Crippen LogP contribution in [0.2, 0.25) is 0 Å². The Morgan fingerprint density at radius 2 is 1.81 bits per heavy atom. The fourth-order valence-electron chi connectivity index (χ4n) is 3.75. The van der Waals surface area contributed by atoms with Gasteiger partial charge in [0.25, 0.3) is 0 Å². The predicted octanol–water partition coefficient (Wildman–Crippen LogP) is 4.16. The molecule has 2 aliphatic rings. The van der Waals surface area contributed by atoms with E-state index in [1.165, 1.54) is 6.07 Å². The Morgan fingerprint density at radius 1 is 1.11 bits per heavy atom. The molecular formula is C21H21BrFNO3. The number of carbonyl (C=O) groups is 1. The molecule has 2 aliphatic heterocycles. The van der Waals surface area contributed by atoms with Gasteiger partial charge in [0.15, 0.2) is 11.6 Å². The first-order chi connectivity index (χ1) is 13.1. The molecule has 0 aromatic heterocycles. The highest BCUT2D eigenvalue weighted by Gasteiger charge is 2.39. The highest BCUT2D eigenvalue weighted by Crippen LogP contribution is 2.32. The highest BCUT2D eigenvalue weighted by atomic mass is 79.9. The average Bonchev–Trinajstić information content (AvgIpc) is 3.14. The highest BCUT2D eigenvalue weighted by molar-refractivity contribution is 9.10. The summed E-state index contributed by atoms with van der Waals surface area (Å²) >= 11 is 3.13. The van der Waals surface area contributed by atoms with Crippen LogP contribution in [0.3, 0.4) is 0 Å². The second-order valence-electron chi connectivity index (χ2n) is 7.00. The Hall–Kier alpha value is -1.60.